The van der Waals surface area contributed by atoms with E-state index in [0.29, 0.717) is 5.69 Å². The molecular formula is C16H23N3O3S. The molecule has 2 rings (SSSR count). The molecule has 0 aliphatic carbocycles. The molecule has 0 spiro atoms. The molecule has 1 saturated heterocycles. The second kappa shape index (κ2) is 8.88. The van der Waals surface area contributed by atoms with Gasteiger partial charge in [-0.05, 0) is 37.7 Å². The van der Waals surface area contributed by atoms with Crippen molar-refractivity contribution in [2.45, 2.75) is 25.3 Å². The van der Waals surface area contributed by atoms with Gasteiger partial charge in [0.05, 0.1) is 23.8 Å². The molecule has 0 bridgehead atoms. The van der Waals surface area contributed by atoms with Gasteiger partial charge in [-0.25, -0.2) is 4.79 Å². The lowest BCUT2D eigenvalue weighted by Gasteiger charge is -2.27. The molecule has 23 heavy (non-hydrogen) atoms. The lowest BCUT2D eigenvalue weighted by molar-refractivity contribution is -0.131. The number of piperidine rings is 1. The monoisotopic (exact) mass is 337 g/mol. The van der Waals surface area contributed by atoms with Crippen LogP contribution in [0.4, 0.5) is 0 Å². The van der Waals surface area contributed by atoms with Gasteiger partial charge in [-0.2, -0.15) is 11.8 Å². The Morgan fingerprint density at radius 3 is 2.78 bits per heavy atom. The fourth-order valence-corrected chi connectivity index (χ4v) is 3.28. The van der Waals surface area contributed by atoms with Gasteiger partial charge < -0.3 is 10.0 Å². The molecule has 0 aromatic carbocycles. The maximum atomic E-state index is 12.3. The molecule has 1 aliphatic heterocycles. The first-order valence-electron chi connectivity index (χ1n) is 7.81. The van der Waals surface area contributed by atoms with Gasteiger partial charge in [0.2, 0.25) is 5.91 Å². The van der Waals surface area contributed by atoms with Crippen molar-refractivity contribution in [2.24, 2.45) is 0 Å². The van der Waals surface area contributed by atoms with Crippen LogP contribution in [0.15, 0.2) is 18.3 Å². The van der Waals surface area contributed by atoms with Crippen molar-refractivity contribution in [3.63, 3.8) is 0 Å². The summed E-state index contributed by atoms with van der Waals surface area (Å²) in [6.45, 7) is 1.92. The van der Waals surface area contributed by atoms with E-state index in [1.54, 1.807) is 17.8 Å². The van der Waals surface area contributed by atoms with Crippen molar-refractivity contribution in [1.29, 1.82) is 0 Å². The zero-order valence-electron chi connectivity index (χ0n) is 13.3. The van der Waals surface area contributed by atoms with Crippen molar-refractivity contribution >= 4 is 23.6 Å². The van der Waals surface area contributed by atoms with Crippen LogP contribution in [0.1, 0.15) is 41.4 Å². The largest absolute Gasteiger partial charge is 0.478 e. The van der Waals surface area contributed by atoms with E-state index in [1.165, 1.54) is 18.7 Å². The number of nitrogens with one attached hydrogen (secondary N) is 1. The van der Waals surface area contributed by atoms with E-state index in [2.05, 4.69) is 10.3 Å². The van der Waals surface area contributed by atoms with Gasteiger partial charge in [-0.1, -0.05) is 0 Å². The van der Waals surface area contributed by atoms with E-state index in [0.717, 1.165) is 31.7 Å². The third kappa shape index (κ3) is 5.21. The number of rotatable bonds is 7. The summed E-state index contributed by atoms with van der Waals surface area (Å²) in [6, 6.07) is 2.90. The number of carboxylic acids is 1. The maximum absolute atomic E-state index is 12.3. The second-order valence-corrected chi connectivity index (χ2v) is 6.52. The zero-order valence-corrected chi connectivity index (χ0v) is 14.1. The molecule has 2 N–H and O–H groups in total. The van der Waals surface area contributed by atoms with Crippen molar-refractivity contribution in [3.05, 3.63) is 29.6 Å². The smallest absolute Gasteiger partial charge is 0.335 e. The molecule has 1 aliphatic rings. The molecule has 1 atom stereocenters. The van der Waals surface area contributed by atoms with Gasteiger partial charge in [0.25, 0.3) is 0 Å². The summed E-state index contributed by atoms with van der Waals surface area (Å²) in [6.07, 6.45) is 6.81. The Kier molecular flexibility index (Phi) is 6.85. The lowest BCUT2D eigenvalue weighted by atomic mass is 10.1. The minimum Gasteiger partial charge on any atom is -0.478 e. The van der Waals surface area contributed by atoms with E-state index in [9.17, 15) is 9.59 Å². The summed E-state index contributed by atoms with van der Waals surface area (Å²) < 4.78 is 0. The summed E-state index contributed by atoms with van der Waals surface area (Å²) in [7, 11) is 0. The first-order chi connectivity index (χ1) is 11.1. The Balaban J connectivity index is 1.99. The van der Waals surface area contributed by atoms with Crippen LogP contribution >= 0.6 is 11.8 Å². The van der Waals surface area contributed by atoms with Crippen LogP contribution in [0.2, 0.25) is 0 Å². The van der Waals surface area contributed by atoms with Gasteiger partial charge in [-0.3, -0.25) is 15.1 Å². The Labute approximate surface area is 140 Å². The molecule has 0 radical (unpaired) electrons. The maximum Gasteiger partial charge on any atom is 0.335 e. The van der Waals surface area contributed by atoms with Crippen LogP contribution in [0.3, 0.4) is 0 Å². The van der Waals surface area contributed by atoms with E-state index in [-0.39, 0.29) is 24.1 Å². The number of nitrogens with zero attached hydrogens (tertiary/aromatic N) is 2. The zero-order chi connectivity index (χ0) is 16.7. The van der Waals surface area contributed by atoms with Gasteiger partial charge in [0, 0.05) is 25.0 Å². The Bertz CT molecular complexity index is 547. The summed E-state index contributed by atoms with van der Waals surface area (Å²) in [4.78, 5) is 29.5. The number of aromatic carboxylic acids is 1. The number of carbonyl (C=O) groups is 2. The van der Waals surface area contributed by atoms with E-state index >= 15 is 0 Å². The van der Waals surface area contributed by atoms with Gasteiger partial charge in [0.1, 0.15) is 0 Å². The van der Waals surface area contributed by atoms with E-state index in [4.69, 9.17) is 5.11 Å². The van der Waals surface area contributed by atoms with Crippen molar-refractivity contribution in [1.82, 2.24) is 15.2 Å². The number of pyridine rings is 1. The van der Waals surface area contributed by atoms with Gasteiger partial charge >= 0.3 is 5.97 Å². The third-order valence-corrected chi connectivity index (χ3v) is 4.59. The highest BCUT2D eigenvalue weighted by Gasteiger charge is 2.19. The summed E-state index contributed by atoms with van der Waals surface area (Å²) >= 11 is 1.63. The normalized spacial score (nSPS) is 16.1. The molecule has 1 amide bonds. The van der Waals surface area contributed by atoms with Crippen LogP contribution in [0, 0.1) is 0 Å². The highest BCUT2D eigenvalue weighted by Crippen LogP contribution is 2.17. The Morgan fingerprint density at radius 1 is 1.39 bits per heavy atom. The number of hydrogen-bond donors (Lipinski definition) is 2. The highest BCUT2D eigenvalue weighted by atomic mass is 32.2. The van der Waals surface area contributed by atoms with Gasteiger partial charge in [0.15, 0.2) is 0 Å². The molecule has 6 nitrogen and oxygen atoms in total. The summed E-state index contributed by atoms with van der Waals surface area (Å²) in [5, 5.41) is 12.3. The van der Waals surface area contributed by atoms with E-state index in [1.807, 2.05) is 11.2 Å². The first-order valence-corrected chi connectivity index (χ1v) is 9.20. The number of aromatic nitrogens is 1. The number of thioether (sulfide) groups is 1. The molecule has 126 valence electrons. The van der Waals surface area contributed by atoms with Crippen LogP contribution < -0.4 is 5.32 Å². The quantitative estimate of drug-likeness (QED) is 0.789. The average Bonchev–Trinajstić information content (AvgIpc) is 2.59. The number of carboxylic acid groups (broad SMARTS) is 1. The Hall–Kier alpha value is -1.60. The van der Waals surface area contributed by atoms with Crippen molar-refractivity contribution in [3.8, 4) is 0 Å². The minimum atomic E-state index is -0.971. The summed E-state index contributed by atoms with van der Waals surface area (Å²) in [5.41, 5.74) is 0.871. The predicted octanol–water partition coefficient (Wildman–Crippen LogP) is 1.79. The number of amides is 1. The van der Waals surface area contributed by atoms with E-state index < -0.39 is 5.97 Å². The topological polar surface area (TPSA) is 82.5 Å². The third-order valence-electron chi connectivity index (χ3n) is 3.93. The van der Waals surface area contributed by atoms with Crippen LogP contribution in [0.5, 0.6) is 0 Å². The standard InChI is InChI=1S/C16H23N3O3S/c1-23-11-14(13-9-12(16(21)22)5-6-17-13)18-10-15(20)19-7-3-2-4-8-19/h5-6,9,14,18H,2-4,7-8,10-11H2,1H3,(H,21,22). The predicted molar refractivity (Wildman–Crippen MR) is 90.8 cm³/mol. The van der Waals surface area contributed by atoms with Crippen molar-refractivity contribution in [2.75, 3.05) is 31.6 Å². The molecule has 0 saturated carbocycles. The van der Waals surface area contributed by atoms with Crippen LogP contribution in [-0.2, 0) is 4.79 Å². The highest BCUT2D eigenvalue weighted by molar-refractivity contribution is 7.98. The average molecular weight is 337 g/mol. The fourth-order valence-electron chi connectivity index (χ4n) is 2.65. The van der Waals surface area contributed by atoms with Gasteiger partial charge in [-0.15, -0.1) is 0 Å². The number of hydrogen-bond acceptors (Lipinski definition) is 5. The van der Waals surface area contributed by atoms with Crippen molar-refractivity contribution < 1.29 is 14.7 Å². The molecule has 1 unspecified atom stereocenters. The molecule has 2 heterocycles. The second-order valence-electron chi connectivity index (χ2n) is 5.60. The molecule has 1 fully saturated rings. The first kappa shape index (κ1) is 17.7. The molecule has 7 heteroatoms. The minimum absolute atomic E-state index is 0.102. The number of carbonyl (C=O) groups excluding carboxylic acids is 1. The van der Waals surface area contributed by atoms with Crippen LogP contribution in [-0.4, -0.2) is 58.5 Å². The molecule has 1 aromatic rings. The van der Waals surface area contributed by atoms with Crippen LogP contribution in [0.25, 0.3) is 0 Å². The number of likely N-dealkylation sites (tertiary alicyclic amines) is 1. The lowest BCUT2D eigenvalue weighted by Crippen LogP contribution is -2.42. The molecular weight excluding hydrogens is 314 g/mol. The SMILES string of the molecule is CSCC(NCC(=O)N1CCCCC1)c1cc(C(=O)O)ccn1. The fraction of sp³-hybridized carbons (Fsp3) is 0.562. The summed E-state index contributed by atoms with van der Waals surface area (Å²) in [5.74, 6) is -0.144. The Morgan fingerprint density at radius 2 is 2.13 bits per heavy atom. The molecule has 1 aromatic heterocycles.